The van der Waals surface area contributed by atoms with Gasteiger partial charge in [0.2, 0.25) is 0 Å². The van der Waals surface area contributed by atoms with Crippen LogP contribution in [0.25, 0.3) is 0 Å². The van der Waals surface area contributed by atoms with Crippen molar-refractivity contribution in [2.45, 2.75) is 52.1 Å². The highest BCUT2D eigenvalue weighted by atomic mass is 16.3. The Kier molecular flexibility index (Phi) is 2.94. The summed E-state index contributed by atoms with van der Waals surface area (Å²) in [6, 6.07) is 0. The summed E-state index contributed by atoms with van der Waals surface area (Å²) in [7, 11) is 0. The molecule has 0 aliphatic heterocycles. The molecule has 12 heavy (non-hydrogen) atoms. The SMILES string of the molecule is CCC1CCC(O)(C=C(C)C)C1. The van der Waals surface area contributed by atoms with Crippen LogP contribution in [0.2, 0.25) is 0 Å². The van der Waals surface area contributed by atoms with Crippen molar-refractivity contribution in [1.82, 2.24) is 0 Å². The molecule has 0 aromatic rings. The van der Waals surface area contributed by atoms with Gasteiger partial charge in [-0.25, -0.2) is 0 Å². The minimum absolute atomic E-state index is 0.473. The largest absolute Gasteiger partial charge is 0.386 e. The van der Waals surface area contributed by atoms with Crippen molar-refractivity contribution in [2.24, 2.45) is 5.92 Å². The maximum absolute atomic E-state index is 10.1. The molecule has 2 atom stereocenters. The van der Waals surface area contributed by atoms with Crippen molar-refractivity contribution in [3.05, 3.63) is 11.6 Å². The number of aliphatic hydroxyl groups is 1. The van der Waals surface area contributed by atoms with E-state index in [1.54, 1.807) is 0 Å². The Hall–Kier alpha value is -0.300. The summed E-state index contributed by atoms with van der Waals surface area (Å²) in [5, 5.41) is 10.1. The van der Waals surface area contributed by atoms with Crippen LogP contribution in [0.4, 0.5) is 0 Å². The molecular formula is C11H20O. The van der Waals surface area contributed by atoms with E-state index in [1.807, 2.05) is 6.08 Å². The molecule has 1 heteroatoms. The predicted octanol–water partition coefficient (Wildman–Crippen LogP) is 2.89. The van der Waals surface area contributed by atoms with Gasteiger partial charge in [-0.1, -0.05) is 25.0 Å². The summed E-state index contributed by atoms with van der Waals surface area (Å²) < 4.78 is 0. The van der Waals surface area contributed by atoms with Crippen LogP contribution in [-0.2, 0) is 0 Å². The first-order chi connectivity index (χ1) is 5.56. The van der Waals surface area contributed by atoms with Crippen molar-refractivity contribution in [1.29, 1.82) is 0 Å². The second-order valence-corrected chi connectivity index (χ2v) is 4.34. The van der Waals surface area contributed by atoms with E-state index >= 15 is 0 Å². The number of hydrogen-bond donors (Lipinski definition) is 1. The lowest BCUT2D eigenvalue weighted by Gasteiger charge is -2.18. The minimum atomic E-state index is -0.473. The lowest BCUT2D eigenvalue weighted by Crippen LogP contribution is -2.21. The molecule has 1 aliphatic rings. The Morgan fingerprint density at radius 1 is 1.58 bits per heavy atom. The molecule has 0 saturated heterocycles. The quantitative estimate of drug-likeness (QED) is 0.629. The standard InChI is InChI=1S/C11H20O/c1-4-10-5-6-11(12,8-10)7-9(2)3/h7,10,12H,4-6,8H2,1-3H3. The summed E-state index contributed by atoms with van der Waals surface area (Å²) in [5.41, 5.74) is 0.758. The molecule has 1 N–H and O–H groups in total. The zero-order chi connectivity index (χ0) is 9.19. The number of hydrogen-bond acceptors (Lipinski definition) is 1. The van der Waals surface area contributed by atoms with E-state index in [9.17, 15) is 5.11 Å². The summed E-state index contributed by atoms with van der Waals surface area (Å²) in [6.45, 7) is 6.31. The summed E-state index contributed by atoms with van der Waals surface area (Å²) in [5.74, 6) is 0.741. The molecule has 1 saturated carbocycles. The summed E-state index contributed by atoms with van der Waals surface area (Å²) in [6.07, 6.45) is 6.35. The van der Waals surface area contributed by atoms with Gasteiger partial charge in [0, 0.05) is 0 Å². The van der Waals surface area contributed by atoms with Crippen LogP contribution < -0.4 is 0 Å². The highest BCUT2D eigenvalue weighted by Gasteiger charge is 2.34. The van der Waals surface area contributed by atoms with Gasteiger partial charge in [0.15, 0.2) is 0 Å². The lowest BCUT2D eigenvalue weighted by molar-refractivity contribution is 0.0933. The Morgan fingerprint density at radius 3 is 2.67 bits per heavy atom. The topological polar surface area (TPSA) is 20.2 Å². The average molecular weight is 168 g/mol. The molecule has 2 unspecified atom stereocenters. The zero-order valence-corrected chi connectivity index (χ0v) is 8.43. The second-order valence-electron chi connectivity index (χ2n) is 4.34. The molecule has 70 valence electrons. The van der Waals surface area contributed by atoms with E-state index in [1.165, 1.54) is 18.4 Å². The third kappa shape index (κ3) is 2.34. The molecule has 1 rings (SSSR count). The fourth-order valence-electron chi connectivity index (χ4n) is 2.17. The van der Waals surface area contributed by atoms with Gasteiger partial charge in [-0.15, -0.1) is 0 Å². The van der Waals surface area contributed by atoms with Crippen LogP contribution in [-0.4, -0.2) is 10.7 Å². The second kappa shape index (κ2) is 3.61. The third-order valence-electron chi connectivity index (χ3n) is 2.76. The first-order valence-corrected chi connectivity index (χ1v) is 4.94. The van der Waals surface area contributed by atoms with E-state index in [0.717, 1.165) is 18.8 Å². The van der Waals surface area contributed by atoms with Crippen LogP contribution >= 0.6 is 0 Å². The molecule has 0 heterocycles. The van der Waals surface area contributed by atoms with E-state index < -0.39 is 5.60 Å². The molecule has 0 aromatic carbocycles. The molecule has 0 spiro atoms. The molecule has 0 amide bonds. The zero-order valence-electron chi connectivity index (χ0n) is 8.43. The molecule has 0 aromatic heterocycles. The highest BCUT2D eigenvalue weighted by molar-refractivity contribution is 5.09. The Morgan fingerprint density at radius 2 is 2.25 bits per heavy atom. The number of rotatable bonds is 2. The Balaban J connectivity index is 2.58. The van der Waals surface area contributed by atoms with Gasteiger partial charge in [0.05, 0.1) is 5.60 Å². The smallest absolute Gasteiger partial charge is 0.0832 e. The van der Waals surface area contributed by atoms with Crippen molar-refractivity contribution >= 4 is 0 Å². The molecular weight excluding hydrogens is 148 g/mol. The van der Waals surface area contributed by atoms with Gasteiger partial charge in [-0.2, -0.15) is 0 Å². The van der Waals surface area contributed by atoms with Crippen LogP contribution in [0.5, 0.6) is 0 Å². The molecule has 0 bridgehead atoms. The van der Waals surface area contributed by atoms with Crippen molar-refractivity contribution in [3.63, 3.8) is 0 Å². The van der Waals surface area contributed by atoms with Crippen LogP contribution in [0.3, 0.4) is 0 Å². The Labute approximate surface area is 75.5 Å². The van der Waals surface area contributed by atoms with Crippen LogP contribution in [0.15, 0.2) is 11.6 Å². The van der Waals surface area contributed by atoms with E-state index in [-0.39, 0.29) is 0 Å². The molecule has 0 radical (unpaired) electrons. The lowest BCUT2D eigenvalue weighted by atomic mass is 9.97. The van der Waals surface area contributed by atoms with Crippen molar-refractivity contribution in [2.75, 3.05) is 0 Å². The molecule has 1 aliphatic carbocycles. The van der Waals surface area contributed by atoms with Gasteiger partial charge in [0.1, 0.15) is 0 Å². The van der Waals surface area contributed by atoms with Crippen LogP contribution in [0, 0.1) is 5.92 Å². The van der Waals surface area contributed by atoms with E-state index in [0.29, 0.717) is 0 Å². The summed E-state index contributed by atoms with van der Waals surface area (Å²) in [4.78, 5) is 0. The molecule has 1 nitrogen and oxygen atoms in total. The van der Waals surface area contributed by atoms with Crippen LogP contribution in [0.1, 0.15) is 46.5 Å². The first kappa shape index (κ1) is 9.79. The fraction of sp³-hybridized carbons (Fsp3) is 0.818. The third-order valence-corrected chi connectivity index (χ3v) is 2.76. The van der Waals surface area contributed by atoms with Crippen molar-refractivity contribution < 1.29 is 5.11 Å². The fourth-order valence-corrected chi connectivity index (χ4v) is 2.17. The van der Waals surface area contributed by atoms with Gasteiger partial charge in [-0.05, 0) is 39.0 Å². The first-order valence-electron chi connectivity index (χ1n) is 4.94. The minimum Gasteiger partial charge on any atom is -0.386 e. The predicted molar refractivity (Wildman–Crippen MR) is 52.0 cm³/mol. The van der Waals surface area contributed by atoms with Gasteiger partial charge >= 0.3 is 0 Å². The monoisotopic (exact) mass is 168 g/mol. The number of allylic oxidation sites excluding steroid dienone is 1. The normalized spacial score (nSPS) is 35.2. The summed E-state index contributed by atoms with van der Waals surface area (Å²) >= 11 is 0. The average Bonchev–Trinajstić information content (AvgIpc) is 2.30. The van der Waals surface area contributed by atoms with Crippen molar-refractivity contribution in [3.8, 4) is 0 Å². The van der Waals surface area contributed by atoms with E-state index in [4.69, 9.17) is 0 Å². The van der Waals surface area contributed by atoms with E-state index in [2.05, 4.69) is 20.8 Å². The Bertz CT molecular complexity index is 179. The maximum atomic E-state index is 10.1. The van der Waals surface area contributed by atoms with Gasteiger partial charge < -0.3 is 5.11 Å². The maximum Gasteiger partial charge on any atom is 0.0832 e. The molecule has 1 fully saturated rings. The van der Waals surface area contributed by atoms with Gasteiger partial charge in [-0.3, -0.25) is 0 Å². The highest BCUT2D eigenvalue weighted by Crippen LogP contribution is 2.37. The van der Waals surface area contributed by atoms with Gasteiger partial charge in [0.25, 0.3) is 0 Å².